The van der Waals surface area contributed by atoms with Gasteiger partial charge in [0.25, 0.3) is 0 Å². The van der Waals surface area contributed by atoms with Crippen molar-refractivity contribution in [1.82, 2.24) is 9.97 Å². The standard InChI is InChI=1S/C9H12N4O2/c10-8-12-4-3-6(13-8)7(5-1-2-5)15-9(11)14/h3-5,7H,1-2H2,(H2,11,14)(H2,10,12,13). The van der Waals surface area contributed by atoms with Gasteiger partial charge in [-0.25, -0.2) is 14.8 Å². The van der Waals surface area contributed by atoms with Crippen LogP contribution >= 0.6 is 0 Å². The number of ether oxygens (including phenoxy) is 1. The van der Waals surface area contributed by atoms with E-state index >= 15 is 0 Å². The molecule has 1 heterocycles. The van der Waals surface area contributed by atoms with Gasteiger partial charge < -0.3 is 16.2 Å². The monoisotopic (exact) mass is 208 g/mol. The number of amides is 1. The molecule has 6 nitrogen and oxygen atoms in total. The highest BCUT2D eigenvalue weighted by Crippen LogP contribution is 2.42. The molecule has 1 aromatic rings. The number of aromatic nitrogens is 2. The van der Waals surface area contributed by atoms with E-state index in [-0.39, 0.29) is 12.1 Å². The molecule has 4 N–H and O–H groups in total. The maximum atomic E-state index is 10.7. The van der Waals surface area contributed by atoms with Gasteiger partial charge in [0.1, 0.15) is 6.10 Å². The Bertz CT molecular complexity index is 378. The van der Waals surface area contributed by atoms with Crippen molar-refractivity contribution in [2.45, 2.75) is 18.9 Å². The first-order valence-electron chi connectivity index (χ1n) is 4.71. The molecule has 1 unspecified atom stereocenters. The number of nitrogen functional groups attached to an aromatic ring is 1. The summed E-state index contributed by atoms with van der Waals surface area (Å²) in [5, 5.41) is 0. The lowest BCUT2D eigenvalue weighted by Gasteiger charge is -2.14. The van der Waals surface area contributed by atoms with Crippen molar-refractivity contribution in [3.8, 4) is 0 Å². The Hall–Kier alpha value is -1.85. The minimum absolute atomic E-state index is 0.172. The van der Waals surface area contributed by atoms with Crippen LogP contribution in [0.15, 0.2) is 12.3 Å². The van der Waals surface area contributed by atoms with Crippen molar-refractivity contribution in [2.24, 2.45) is 11.7 Å². The van der Waals surface area contributed by atoms with Crippen molar-refractivity contribution in [1.29, 1.82) is 0 Å². The van der Waals surface area contributed by atoms with Crippen LogP contribution in [0.2, 0.25) is 0 Å². The maximum Gasteiger partial charge on any atom is 0.405 e. The van der Waals surface area contributed by atoms with E-state index < -0.39 is 6.09 Å². The maximum absolute atomic E-state index is 10.7. The first kappa shape index (κ1) is 9.70. The van der Waals surface area contributed by atoms with Crippen LogP contribution in [0.25, 0.3) is 0 Å². The number of carbonyl (C=O) groups excluding carboxylic acids is 1. The second-order valence-corrected chi connectivity index (χ2v) is 3.53. The van der Waals surface area contributed by atoms with Crippen molar-refractivity contribution in [3.05, 3.63) is 18.0 Å². The van der Waals surface area contributed by atoms with Crippen molar-refractivity contribution < 1.29 is 9.53 Å². The minimum atomic E-state index is -0.788. The topological polar surface area (TPSA) is 104 Å². The van der Waals surface area contributed by atoms with Gasteiger partial charge in [-0.05, 0) is 18.9 Å². The van der Waals surface area contributed by atoms with Crippen LogP contribution in [0.5, 0.6) is 0 Å². The van der Waals surface area contributed by atoms with Gasteiger partial charge in [-0.3, -0.25) is 0 Å². The van der Waals surface area contributed by atoms with Gasteiger partial charge in [0.2, 0.25) is 5.95 Å². The molecule has 0 radical (unpaired) electrons. The largest absolute Gasteiger partial charge is 0.440 e. The summed E-state index contributed by atoms with van der Waals surface area (Å²) < 4.78 is 5.01. The van der Waals surface area contributed by atoms with E-state index in [1.807, 2.05) is 0 Å². The van der Waals surface area contributed by atoms with Crippen LogP contribution in [0.3, 0.4) is 0 Å². The molecule has 0 aromatic carbocycles. The van der Waals surface area contributed by atoms with Gasteiger partial charge in [0.05, 0.1) is 5.69 Å². The molecule has 80 valence electrons. The molecule has 1 atom stereocenters. The van der Waals surface area contributed by atoms with Crippen LogP contribution in [0.4, 0.5) is 10.7 Å². The third-order valence-corrected chi connectivity index (χ3v) is 2.28. The second kappa shape index (κ2) is 3.72. The predicted molar refractivity (Wildman–Crippen MR) is 52.6 cm³/mol. The number of rotatable bonds is 3. The minimum Gasteiger partial charge on any atom is -0.440 e. The predicted octanol–water partition coefficient (Wildman–Crippen LogP) is 0.605. The van der Waals surface area contributed by atoms with Crippen molar-refractivity contribution >= 4 is 12.0 Å². The number of hydrogen-bond donors (Lipinski definition) is 2. The van der Waals surface area contributed by atoms with Crippen LogP contribution in [0.1, 0.15) is 24.6 Å². The van der Waals surface area contributed by atoms with Gasteiger partial charge in [-0.2, -0.15) is 0 Å². The molecule has 0 aliphatic heterocycles. The van der Waals surface area contributed by atoms with Crippen LogP contribution < -0.4 is 11.5 Å². The average Bonchev–Trinajstić information content (AvgIpc) is 2.97. The van der Waals surface area contributed by atoms with Crippen LogP contribution in [-0.4, -0.2) is 16.1 Å². The summed E-state index contributed by atoms with van der Waals surface area (Å²) in [5.41, 5.74) is 11.1. The zero-order valence-corrected chi connectivity index (χ0v) is 8.09. The smallest absolute Gasteiger partial charge is 0.405 e. The summed E-state index contributed by atoms with van der Waals surface area (Å²) in [4.78, 5) is 18.5. The molecule has 1 aliphatic carbocycles. The molecular formula is C9H12N4O2. The Balaban J connectivity index is 2.19. The fourth-order valence-corrected chi connectivity index (χ4v) is 1.47. The Morgan fingerprint density at radius 3 is 2.87 bits per heavy atom. The molecule has 2 rings (SSSR count). The molecule has 1 fully saturated rings. The van der Waals surface area contributed by atoms with E-state index in [2.05, 4.69) is 9.97 Å². The number of nitrogens with zero attached hydrogens (tertiary/aromatic N) is 2. The quantitative estimate of drug-likeness (QED) is 0.757. The van der Waals surface area contributed by atoms with Crippen molar-refractivity contribution in [2.75, 3.05) is 5.73 Å². The second-order valence-electron chi connectivity index (χ2n) is 3.53. The summed E-state index contributed by atoms with van der Waals surface area (Å²) in [6.07, 6.45) is 2.40. The van der Waals surface area contributed by atoms with Gasteiger partial charge >= 0.3 is 6.09 Å². The molecule has 1 aromatic heterocycles. The first-order chi connectivity index (χ1) is 7.16. The number of hydrogen-bond acceptors (Lipinski definition) is 5. The van der Waals surface area contributed by atoms with Gasteiger partial charge in [0, 0.05) is 12.1 Å². The number of carbonyl (C=O) groups is 1. The Morgan fingerprint density at radius 2 is 2.33 bits per heavy atom. The Labute approximate surface area is 86.6 Å². The van der Waals surface area contributed by atoms with Crippen molar-refractivity contribution in [3.63, 3.8) is 0 Å². The highest BCUT2D eigenvalue weighted by atomic mass is 16.6. The highest BCUT2D eigenvalue weighted by molar-refractivity contribution is 5.65. The first-order valence-corrected chi connectivity index (χ1v) is 4.71. The lowest BCUT2D eigenvalue weighted by Crippen LogP contribution is -2.19. The Kier molecular flexibility index (Phi) is 2.40. The molecule has 0 spiro atoms. The zero-order valence-electron chi connectivity index (χ0n) is 8.09. The third kappa shape index (κ3) is 2.34. The van der Waals surface area contributed by atoms with E-state index in [1.165, 1.54) is 6.20 Å². The number of nitrogens with two attached hydrogens (primary N) is 2. The molecular weight excluding hydrogens is 196 g/mol. The fraction of sp³-hybridized carbons (Fsp3) is 0.444. The van der Waals surface area contributed by atoms with Gasteiger partial charge in [0.15, 0.2) is 0 Å². The molecule has 6 heteroatoms. The van der Waals surface area contributed by atoms with E-state index in [1.54, 1.807) is 6.07 Å². The van der Waals surface area contributed by atoms with Crippen LogP contribution in [0, 0.1) is 5.92 Å². The lowest BCUT2D eigenvalue weighted by molar-refractivity contribution is 0.0909. The van der Waals surface area contributed by atoms with Gasteiger partial charge in [-0.1, -0.05) is 0 Å². The lowest BCUT2D eigenvalue weighted by atomic mass is 10.1. The third-order valence-electron chi connectivity index (χ3n) is 2.28. The van der Waals surface area contributed by atoms with E-state index in [4.69, 9.17) is 16.2 Å². The molecule has 1 saturated carbocycles. The van der Waals surface area contributed by atoms with E-state index in [0.29, 0.717) is 11.6 Å². The summed E-state index contributed by atoms with van der Waals surface area (Å²) in [7, 11) is 0. The molecule has 1 aliphatic rings. The van der Waals surface area contributed by atoms with E-state index in [0.717, 1.165) is 12.8 Å². The fourth-order valence-electron chi connectivity index (χ4n) is 1.47. The molecule has 0 bridgehead atoms. The number of primary amides is 1. The highest BCUT2D eigenvalue weighted by Gasteiger charge is 2.36. The molecule has 15 heavy (non-hydrogen) atoms. The number of anilines is 1. The normalized spacial score (nSPS) is 17.1. The zero-order chi connectivity index (χ0) is 10.8. The van der Waals surface area contributed by atoms with Crippen LogP contribution in [-0.2, 0) is 4.74 Å². The summed E-state index contributed by atoms with van der Waals surface area (Å²) in [6.45, 7) is 0. The average molecular weight is 208 g/mol. The van der Waals surface area contributed by atoms with E-state index in [9.17, 15) is 4.79 Å². The summed E-state index contributed by atoms with van der Waals surface area (Å²) >= 11 is 0. The molecule has 0 saturated heterocycles. The summed E-state index contributed by atoms with van der Waals surface area (Å²) in [5.74, 6) is 0.484. The SMILES string of the molecule is NC(=O)OC(c1ccnc(N)n1)C1CC1. The summed E-state index contributed by atoms with van der Waals surface area (Å²) in [6, 6.07) is 1.68. The van der Waals surface area contributed by atoms with Gasteiger partial charge in [-0.15, -0.1) is 0 Å². The molecule has 1 amide bonds. The Morgan fingerprint density at radius 1 is 1.60 bits per heavy atom.